The van der Waals surface area contributed by atoms with Crippen molar-refractivity contribution >= 4 is 45.4 Å². The summed E-state index contributed by atoms with van der Waals surface area (Å²) >= 11 is 0. The second kappa shape index (κ2) is 34.1. The number of hydrogen-bond donors (Lipinski definition) is 7. The van der Waals surface area contributed by atoms with E-state index >= 15 is 0 Å². The van der Waals surface area contributed by atoms with Gasteiger partial charge in [-0.1, -0.05) is 107 Å². The Hall–Kier alpha value is -7.03. The zero-order valence-corrected chi connectivity index (χ0v) is 52.3. The molecule has 0 unspecified atom stereocenters. The van der Waals surface area contributed by atoms with Crippen molar-refractivity contribution in [2.45, 2.75) is 154 Å². The molecule has 4 fully saturated rings. The normalized spacial score (nSPS) is 20.8. The Morgan fingerprint density at radius 1 is 0.659 bits per heavy atom. The van der Waals surface area contributed by atoms with Gasteiger partial charge in [-0.05, 0) is 103 Å². The van der Waals surface area contributed by atoms with Crippen molar-refractivity contribution in [1.82, 2.24) is 20.3 Å². The van der Waals surface area contributed by atoms with Crippen LogP contribution in [0.15, 0.2) is 114 Å². The Balaban J connectivity index is 0.000000248. The molecule has 4 aromatic carbocycles. The number of nitriles is 2. The predicted octanol–water partition coefficient (Wildman–Crippen LogP) is 7.74. The van der Waals surface area contributed by atoms with Crippen LogP contribution in [0.2, 0.25) is 0 Å². The van der Waals surface area contributed by atoms with E-state index < -0.39 is 64.3 Å². The summed E-state index contributed by atoms with van der Waals surface area (Å²) in [5.74, 6) is -0.389. The number of hydrogen-bond acceptors (Lipinski definition) is 17. The molecule has 4 aromatic rings. The maximum atomic E-state index is 14.1. The SMILES string of the molecule is CC(=O)Nc1cccc(C)c1.CC(=O)Nc1cccc(S(=O)(=O)N(C[C@@H](O)[C@H](Cc2ccccc2)NC(=O)O[C@H]2CO[C@H]3OCC[C@H]32)CC(C)(C)CCC#N)c1.CC(C)(CCC#N)CNC[C@@H](O)[C@H](Cc1ccccc1)NC(=O)O[C@H]1CO[C@H]2OCC[C@H]21. The number of rotatable bonds is 26. The summed E-state index contributed by atoms with van der Waals surface area (Å²) in [6.45, 7) is 15.0. The lowest BCUT2D eigenvalue weighted by Gasteiger charge is -2.35. The van der Waals surface area contributed by atoms with Crippen LogP contribution in [0.3, 0.4) is 0 Å². The lowest BCUT2D eigenvalue weighted by molar-refractivity contribution is -0.115. The molecule has 4 aliphatic heterocycles. The number of nitrogens with one attached hydrogen (secondary N) is 5. The third-order valence-electron chi connectivity index (χ3n) is 15.5. The van der Waals surface area contributed by atoms with Crippen molar-refractivity contribution < 1.29 is 66.2 Å². The highest BCUT2D eigenvalue weighted by Crippen LogP contribution is 2.35. The molecule has 7 N–H and O–H groups in total. The average molecular weight is 1240 g/mol. The fourth-order valence-electron chi connectivity index (χ4n) is 10.8. The summed E-state index contributed by atoms with van der Waals surface area (Å²) in [6.07, 6.45) is -0.859. The monoisotopic (exact) mass is 1240 g/mol. The Kier molecular flexibility index (Phi) is 27.1. The highest BCUT2D eigenvalue weighted by atomic mass is 32.2. The number of nitrogens with zero attached hydrogens (tertiary/aromatic N) is 3. The second-order valence-corrected chi connectivity index (χ2v) is 26.2. The number of sulfonamides is 1. The van der Waals surface area contributed by atoms with Crippen molar-refractivity contribution in [3.63, 3.8) is 0 Å². The molecule has 4 heterocycles. The Labute approximate surface area is 518 Å². The van der Waals surface area contributed by atoms with E-state index in [4.69, 9.17) is 33.7 Å². The minimum atomic E-state index is -4.21. The number of carbonyl (C=O) groups is 4. The summed E-state index contributed by atoms with van der Waals surface area (Å²) in [5.41, 5.74) is 3.47. The molecule has 0 aliphatic carbocycles. The molecule has 8 rings (SSSR count). The summed E-state index contributed by atoms with van der Waals surface area (Å²) in [7, 11) is -4.21. The number of aliphatic hydroxyl groups is 2. The van der Waals surface area contributed by atoms with Gasteiger partial charge in [-0.25, -0.2) is 18.0 Å². The number of anilines is 2. The molecule has 0 saturated carbocycles. The van der Waals surface area contributed by atoms with E-state index in [1.807, 2.05) is 106 Å². The van der Waals surface area contributed by atoms with Crippen molar-refractivity contribution in [2.24, 2.45) is 22.7 Å². The molecule has 4 aliphatic rings. The third-order valence-corrected chi connectivity index (χ3v) is 17.3. The van der Waals surface area contributed by atoms with E-state index in [2.05, 4.69) is 52.6 Å². The maximum Gasteiger partial charge on any atom is 0.407 e. The van der Waals surface area contributed by atoms with Crippen molar-refractivity contribution in [3.05, 3.63) is 126 Å². The number of alkyl carbamates (subject to hydrolysis) is 2. The van der Waals surface area contributed by atoms with Gasteiger partial charge in [0.1, 0.15) is 12.2 Å². The van der Waals surface area contributed by atoms with Gasteiger partial charge < -0.3 is 65.2 Å². The molecule has 4 saturated heterocycles. The van der Waals surface area contributed by atoms with Gasteiger partial charge in [0.15, 0.2) is 12.6 Å². The second-order valence-electron chi connectivity index (χ2n) is 24.3. The Morgan fingerprint density at radius 3 is 1.62 bits per heavy atom. The lowest BCUT2D eigenvalue weighted by Crippen LogP contribution is -2.52. The standard InChI is InChI=1S/C32H42N4O8S.C24H35N3O5.C9H11NO/c1-22(37)34-24-11-7-12-25(18-24)45(40,41)36(21-32(2,3)14-8-15-33)19-28(38)27(17-23-9-5-4-6-10-23)35-31(39)44-29-20-43-30-26(29)13-16-42-30;1-24(2,10-6-11-25)16-26-14-20(28)19(13-17-7-4-3-5-8-17)27-23(29)32-21-15-31-22-18(21)9-12-30-22;1-7-4-3-5-9(6-7)10-8(2)11/h4-7,9-12,18,26-30,38H,8,13-14,16-17,19-21H2,1-3H3,(H,34,37)(H,35,39);3-5,7-8,18-22,26,28H,6,9-10,12-16H2,1-2H3,(H,27,29);3-6H,1-2H3,(H,10,11)/t26-,27-,28+,29-,30+;18-,19-,20+,21-,22+;/m00./s1. The number of fused-ring (bicyclic) bond motifs is 2. The van der Waals surface area contributed by atoms with Crippen LogP contribution in [0.1, 0.15) is 96.8 Å². The Bertz CT molecular complexity index is 3070. The molecule has 0 spiro atoms. The van der Waals surface area contributed by atoms with Crippen molar-refractivity contribution in [1.29, 1.82) is 10.5 Å². The fraction of sp³-hybridized carbons (Fsp3) is 0.538. The predicted molar refractivity (Wildman–Crippen MR) is 329 cm³/mol. The molecule has 22 nitrogen and oxygen atoms in total. The van der Waals surface area contributed by atoms with Crippen LogP contribution in [0.5, 0.6) is 0 Å². The molecule has 23 heteroatoms. The largest absolute Gasteiger partial charge is 0.443 e. The topological polar surface area (TPSA) is 309 Å². The van der Waals surface area contributed by atoms with Gasteiger partial charge in [0.2, 0.25) is 21.8 Å². The smallest absolute Gasteiger partial charge is 0.407 e. The average Bonchev–Trinajstić information content (AvgIpc) is 1.40. The van der Waals surface area contributed by atoms with Crippen molar-refractivity contribution in [2.75, 3.05) is 63.2 Å². The molecule has 88 heavy (non-hydrogen) atoms. The molecule has 0 bridgehead atoms. The van der Waals surface area contributed by atoms with Crippen LogP contribution in [0.25, 0.3) is 0 Å². The quantitative estimate of drug-likeness (QED) is 0.0316. The highest BCUT2D eigenvalue weighted by Gasteiger charge is 2.46. The van der Waals surface area contributed by atoms with E-state index in [0.29, 0.717) is 64.3 Å². The first-order valence-corrected chi connectivity index (χ1v) is 31.4. The van der Waals surface area contributed by atoms with Crippen LogP contribution < -0.4 is 26.6 Å². The molecule has 4 amide bonds. The first kappa shape index (κ1) is 70.1. The van der Waals surface area contributed by atoms with Crippen molar-refractivity contribution in [3.8, 4) is 12.1 Å². The highest BCUT2D eigenvalue weighted by molar-refractivity contribution is 7.89. The number of ether oxygens (including phenoxy) is 6. The molecule has 10 atom stereocenters. The van der Waals surface area contributed by atoms with Crippen LogP contribution >= 0.6 is 0 Å². The molecule has 0 radical (unpaired) electrons. The molecule has 0 aromatic heterocycles. The van der Waals surface area contributed by atoms with E-state index in [-0.39, 0.29) is 78.9 Å². The van der Waals surface area contributed by atoms with Crippen LogP contribution in [-0.4, -0.2) is 149 Å². The first-order chi connectivity index (χ1) is 41.9. The third kappa shape index (κ3) is 22.8. The zero-order valence-electron chi connectivity index (χ0n) is 51.5. The summed E-state index contributed by atoms with van der Waals surface area (Å²) < 4.78 is 62.8. The van der Waals surface area contributed by atoms with Crippen LogP contribution in [0.4, 0.5) is 21.0 Å². The Morgan fingerprint density at radius 2 is 1.14 bits per heavy atom. The fourth-order valence-corrected chi connectivity index (χ4v) is 12.5. The number of benzene rings is 4. The number of carbonyl (C=O) groups excluding carboxylic acids is 4. The van der Waals surface area contributed by atoms with Gasteiger partial charge in [-0.3, -0.25) is 9.59 Å². The summed E-state index contributed by atoms with van der Waals surface area (Å²) in [6, 6.07) is 35.4. The van der Waals surface area contributed by atoms with E-state index in [1.54, 1.807) is 6.07 Å². The molecular weight excluding hydrogens is 1150 g/mol. The van der Waals surface area contributed by atoms with Gasteiger partial charge in [-0.15, -0.1) is 0 Å². The number of aliphatic hydroxyl groups excluding tert-OH is 2. The number of amides is 4. The van der Waals surface area contributed by atoms with Gasteiger partial charge >= 0.3 is 12.2 Å². The van der Waals surface area contributed by atoms with Gasteiger partial charge in [0, 0.05) is 64.2 Å². The minimum absolute atomic E-state index is 0.0105. The molecule has 478 valence electrons. The van der Waals surface area contributed by atoms with Crippen LogP contribution in [0, 0.1) is 52.3 Å². The lowest BCUT2D eigenvalue weighted by atomic mass is 9.88. The van der Waals surface area contributed by atoms with Gasteiger partial charge in [0.25, 0.3) is 0 Å². The maximum absolute atomic E-state index is 14.1. The zero-order chi connectivity index (χ0) is 63.9. The molecular formula is C65H88N8O14S. The summed E-state index contributed by atoms with van der Waals surface area (Å²) in [5, 5.41) is 54.7. The van der Waals surface area contributed by atoms with E-state index in [0.717, 1.165) is 35.2 Å². The van der Waals surface area contributed by atoms with Gasteiger partial charge in [-0.2, -0.15) is 14.8 Å². The van der Waals surface area contributed by atoms with E-state index in [9.17, 15) is 43.1 Å². The van der Waals surface area contributed by atoms with Gasteiger partial charge in [0.05, 0.1) is 79.6 Å². The summed E-state index contributed by atoms with van der Waals surface area (Å²) in [4.78, 5) is 48.0. The van der Waals surface area contributed by atoms with E-state index in [1.165, 1.54) is 36.4 Å². The first-order valence-electron chi connectivity index (χ1n) is 30.0. The minimum Gasteiger partial charge on any atom is -0.443 e. The van der Waals surface area contributed by atoms with Crippen LogP contribution in [-0.2, 0) is 60.9 Å². The number of aryl methyl sites for hydroxylation is 1.